The predicted molar refractivity (Wildman–Crippen MR) is 59.3 cm³/mol. The van der Waals surface area contributed by atoms with Crippen LogP contribution in [0.4, 0.5) is 4.79 Å². The van der Waals surface area contributed by atoms with E-state index in [2.05, 4.69) is 4.90 Å². The van der Waals surface area contributed by atoms with Gasteiger partial charge in [-0.3, -0.25) is 4.79 Å². The van der Waals surface area contributed by atoms with Crippen LogP contribution < -0.4 is 0 Å². The first-order valence-electron chi connectivity index (χ1n) is 5.41. The summed E-state index contributed by atoms with van der Waals surface area (Å²) in [4.78, 5) is 27.5. The van der Waals surface area contributed by atoms with Gasteiger partial charge in [-0.1, -0.05) is 0 Å². The lowest BCUT2D eigenvalue weighted by Gasteiger charge is -2.25. The van der Waals surface area contributed by atoms with Crippen LogP contribution in [0.1, 0.15) is 6.42 Å². The van der Waals surface area contributed by atoms with Crippen molar-refractivity contribution in [2.75, 3.05) is 46.8 Å². The molecule has 1 fully saturated rings. The first kappa shape index (κ1) is 12.8. The Kier molecular flexibility index (Phi) is 4.54. The summed E-state index contributed by atoms with van der Waals surface area (Å²) in [6, 6.07) is -0.197. The first-order chi connectivity index (χ1) is 7.50. The van der Waals surface area contributed by atoms with Crippen molar-refractivity contribution in [1.82, 2.24) is 14.7 Å². The maximum absolute atomic E-state index is 11.9. The molecule has 0 radical (unpaired) electrons. The standard InChI is InChI=1S/C10H19N3O3/c1-11-4-3-5-13(7-6-11)10(16)12(2)8-9(14)15/h3-8H2,1-2H3,(H,14,15). The van der Waals surface area contributed by atoms with Crippen molar-refractivity contribution in [2.24, 2.45) is 0 Å². The Morgan fingerprint density at radius 2 is 1.94 bits per heavy atom. The minimum Gasteiger partial charge on any atom is -0.480 e. The summed E-state index contributed by atoms with van der Waals surface area (Å²) in [6.45, 7) is 2.94. The number of hydrogen-bond acceptors (Lipinski definition) is 3. The fraction of sp³-hybridized carbons (Fsp3) is 0.800. The lowest BCUT2D eigenvalue weighted by molar-refractivity contribution is -0.137. The summed E-state index contributed by atoms with van der Waals surface area (Å²) in [6.07, 6.45) is 0.934. The zero-order chi connectivity index (χ0) is 12.1. The van der Waals surface area contributed by atoms with Crippen molar-refractivity contribution in [3.05, 3.63) is 0 Å². The van der Waals surface area contributed by atoms with Gasteiger partial charge in [-0.05, 0) is 20.0 Å². The van der Waals surface area contributed by atoms with Gasteiger partial charge in [0.2, 0.25) is 0 Å². The Balaban J connectivity index is 2.49. The molecule has 0 unspecified atom stereocenters. The smallest absolute Gasteiger partial charge is 0.323 e. The fourth-order valence-corrected chi connectivity index (χ4v) is 1.75. The van der Waals surface area contributed by atoms with E-state index in [4.69, 9.17) is 5.11 Å². The minimum absolute atomic E-state index is 0.197. The molecule has 1 saturated heterocycles. The van der Waals surface area contributed by atoms with Gasteiger partial charge in [-0.15, -0.1) is 0 Å². The van der Waals surface area contributed by atoms with Gasteiger partial charge in [0, 0.05) is 26.7 Å². The largest absolute Gasteiger partial charge is 0.480 e. The lowest BCUT2D eigenvalue weighted by Crippen LogP contribution is -2.44. The maximum Gasteiger partial charge on any atom is 0.323 e. The van der Waals surface area contributed by atoms with E-state index < -0.39 is 5.97 Å². The summed E-state index contributed by atoms with van der Waals surface area (Å²) in [5.74, 6) is -0.984. The van der Waals surface area contributed by atoms with Crippen molar-refractivity contribution >= 4 is 12.0 Å². The molecule has 0 atom stereocenters. The summed E-state index contributed by atoms with van der Waals surface area (Å²) >= 11 is 0. The van der Waals surface area contributed by atoms with Crippen LogP contribution in [0.2, 0.25) is 0 Å². The molecular weight excluding hydrogens is 210 g/mol. The van der Waals surface area contributed by atoms with Crippen LogP contribution in [-0.4, -0.2) is 78.6 Å². The van der Waals surface area contributed by atoms with E-state index in [-0.39, 0.29) is 12.6 Å². The molecule has 1 aliphatic rings. The number of urea groups is 1. The van der Waals surface area contributed by atoms with Crippen molar-refractivity contribution in [3.8, 4) is 0 Å². The number of carboxylic acid groups (broad SMARTS) is 1. The number of carbonyl (C=O) groups is 2. The molecule has 1 heterocycles. The molecule has 0 aromatic rings. The van der Waals surface area contributed by atoms with E-state index in [0.717, 1.165) is 19.5 Å². The molecule has 0 aromatic carbocycles. The molecule has 0 aliphatic carbocycles. The van der Waals surface area contributed by atoms with Gasteiger partial charge in [-0.25, -0.2) is 4.79 Å². The normalized spacial score (nSPS) is 18.0. The zero-order valence-electron chi connectivity index (χ0n) is 9.85. The van der Waals surface area contributed by atoms with Crippen LogP contribution in [0.15, 0.2) is 0 Å². The van der Waals surface area contributed by atoms with Gasteiger partial charge in [0.15, 0.2) is 0 Å². The zero-order valence-corrected chi connectivity index (χ0v) is 9.85. The highest BCUT2D eigenvalue weighted by Gasteiger charge is 2.21. The summed E-state index contributed by atoms with van der Waals surface area (Å²) in [5.41, 5.74) is 0. The highest BCUT2D eigenvalue weighted by atomic mass is 16.4. The molecule has 1 N–H and O–H groups in total. The summed E-state index contributed by atoms with van der Waals surface area (Å²) in [7, 11) is 3.54. The Morgan fingerprint density at radius 1 is 1.25 bits per heavy atom. The lowest BCUT2D eigenvalue weighted by atomic mass is 10.4. The minimum atomic E-state index is -0.984. The van der Waals surface area contributed by atoms with Crippen molar-refractivity contribution in [3.63, 3.8) is 0 Å². The molecule has 0 bridgehead atoms. The average Bonchev–Trinajstić information content (AvgIpc) is 2.41. The molecular formula is C10H19N3O3. The molecule has 6 heteroatoms. The Labute approximate surface area is 95.4 Å². The van der Waals surface area contributed by atoms with Crippen LogP contribution in [0, 0.1) is 0 Å². The van der Waals surface area contributed by atoms with E-state index >= 15 is 0 Å². The molecule has 6 nitrogen and oxygen atoms in total. The van der Waals surface area contributed by atoms with E-state index in [1.165, 1.54) is 11.9 Å². The highest BCUT2D eigenvalue weighted by Crippen LogP contribution is 2.04. The molecule has 1 aliphatic heterocycles. The molecule has 16 heavy (non-hydrogen) atoms. The van der Waals surface area contributed by atoms with Crippen molar-refractivity contribution in [2.45, 2.75) is 6.42 Å². The second-order valence-corrected chi connectivity index (χ2v) is 4.18. The van der Waals surface area contributed by atoms with Crippen LogP contribution in [0.25, 0.3) is 0 Å². The number of amides is 2. The van der Waals surface area contributed by atoms with E-state index in [9.17, 15) is 9.59 Å². The number of rotatable bonds is 2. The van der Waals surface area contributed by atoms with Crippen molar-refractivity contribution < 1.29 is 14.7 Å². The van der Waals surface area contributed by atoms with Crippen LogP contribution in [0.3, 0.4) is 0 Å². The third-order valence-corrected chi connectivity index (χ3v) is 2.69. The number of carboxylic acids is 1. The molecule has 0 saturated carbocycles. The van der Waals surface area contributed by atoms with Gasteiger partial charge in [0.25, 0.3) is 0 Å². The SMILES string of the molecule is CN1CCCN(C(=O)N(C)CC(=O)O)CC1. The molecule has 92 valence electrons. The number of hydrogen-bond donors (Lipinski definition) is 1. The van der Waals surface area contributed by atoms with Crippen LogP contribution in [-0.2, 0) is 4.79 Å². The second kappa shape index (κ2) is 5.69. The van der Waals surface area contributed by atoms with E-state index in [0.29, 0.717) is 13.1 Å². The van der Waals surface area contributed by atoms with Gasteiger partial charge >= 0.3 is 12.0 Å². The average molecular weight is 229 g/mol. The second-order valence-electron chi connectivity index (χ2n) is 4.18. The van der Waals surface area contributed by atoms with Gasteiger partial charge in [-0.2, -0.15) is 0 Å². The number of likely N-dealkylation sites (N-methyl/N-ethyl adjacent to an activating group) is 2. The van der Waals surface area contributed by atoms with E-state index in [1.807, 2.05) is 7.05 Å². The molecule has 1 rings (SSSR count). The summed E-state index contributed by atoms with van der Waals surface area (Å²) in [5, 5.41) is 8.61. The molecule has 0 aromatic heterocycles. The van der Waals surface area contributed by atoms with Gasteiger partial charge < -0.3 is 19.8 Å². The topological polar surface area (TPSA) is 64.1 Å². The molecule has 0 spiro atoms. The Hall–Kier alpha value is -1.30. The van der Waals surface area contributed by atoms with Crippen LogP contribution >= 0.6 is 0 Å². The third kappa shape index (κ3) is 3.69. The number of nitrogens with zero attached hydrogens (tertiary/aromatic N) is 3. The van der Waals surface area contributed by atoms with Crippen molar-refractivity contribution in [1.29, 1.82) is 0 Å². The van der Waals surface area contributed by atoms with Gasteiger partial charge in [0.1, 0.15) is 6.54 Å². The third-order valence-electron chi connectivity index (χ3n) is 2.69. The van der Waals surface area contributed by atoms with Crippen LogP contribution in [0.5, 0.6) is 0 Å². The predicted octanol–water partition coefficient (Wildman–Crippen LogP) is -0.240. The molecule has 2 amide bonds. The monoisotopic (exact) mass is 229 g/mol. The van der Waals surface area contributed by atoms with Gasteiger partial charge in [0.05, 0.1) is 0 Å². The quantitative estimate of drug-likeness (QED) is 0.710. The van der Waals surface area contributed by atoms with E-state index in [1.54, 1.807) is 4.90 Å². The Morgan fingerprint density at radius 3 is 2.56 bits per heavy atom. The maximum atomic E-state index is 11.9. The number of carbonyl (C=O) groups excluding carboxylic acids is 1. The summed E-state index contributed by atoms with van der Waals surface area (Å²) < 4.78 is 0. The first-order valence-corrected chi connectivity index (χ1v) is 5.41. The number of aliphatic carboxylic acids is 1. The highest BCUT2D eigenvalue weighted by molar-refractivity contribution is 5.79. The Bertz CT molecular complexity index is 270. The fourth-order valence-electron chi connectivity index (χ4n) is 1.75.